The monoisotopic (exact) mass is 334 g/mol. The topological polar surface area (TPSA) is 38.0 Å². The van der Waals surface area contributed by atoms with Crippen molar-refractivity contribution in [2.75, 3.05) is 5.32 Å². The van der Waals surface area contributed by atoms with E-state index in [1.165, 1.54) is 11.1 Å². The molecule has 19 heavy (non-hydrogen) atoms. The summed E-state index contributed by atoms with van der Waals surface area (Å²) in [5.41, 5.74) is 11.1. The smallest absolute Gasteiger partial charge is 0.105 e. The average molecular weight is 335 g/mol. The van der Waals surface area contributed by atoms with Crippen molar-refractivity contribution >= 4 is 44.5 Å². The van der Waals surface area contributed by atoms with Crippen molar-refractivity contribution in [1.82, 2.24) is 0 Å². The predicted molar refractivity (Wildman–Crippen MR) is 89.2 cm³/mol. The van der Waals surface area contributed by atoms with E-state index in [-0.39, 0.29) is 0 Å². The fraction of sp³-hybridized carbons (Fsp3) is 0.133. The molecule has 0 aliphatic carbocycles. The molecule has 0 radical (unpaired) electrons. The third-order valence-electron chi connectivity index (χ3n) is 3.03. The number of thiocarbonyl (C=S) groups is 1. The molecule has 0 bridgehead atoms. The van der Waals surface area contributed by atoms with Crippen LogP contribution in [0.15, 0.2) is 40.9 Å². The molecule has 0 aliphatic rings. The van der Waals surface area contributed by atoms with Crippen LogP contribution in [-0.2, 0) is 0 Å². The van der Waals surface area contributed by atoms with Crippen LogP contribution in [0.5, 0.6) is 0 Å². The molecule has 4 heteroatoms. The first-order chi connectivity index (χ1) is 8.97. The van der Waals surface area contributed by atoms with E-state index in [9.17, 15) is 0 Å². The molecular weight excluding hydrogens is 320 g/mol. The van der Waals surface area contributed by atoms with Gasteiger partial charge in [-0.2, -0.15) is 0 Å². The van der Waals surface area contributed by atoms with Crippen LogP contribution < -0.4 is 11.1 Å². The summed E-state index contributed by atoms with van der Waals surface area (Å²) in [7, 11) is 0. The highest BCUT2D eigenvalue weighted by Gasteiger charge is 2.04. The number of nitrogens with two attached hydrogens (primary N) is 1. The van der Waals surface area contributed by atoms with Crippen LogP contribution in [-0.4, -0.2) is 4.99 Å². The van der Waals surface area contributed by atoms with Crippen molar-refractivity contribution in [2.45, 2.75) is 13.8 Å². The molecule has 2 rings (SSSR count). The summed E-state index contributed by atoms with van der Waals surface area (Å²) >= 11 is 8.46. The summed E-state index contributed by atoms with van der Waals surface area (Å²) in [5, 5.41) is 3.36. The molecule has 0 unspecified atom stereocenters. The van der Waals surface area contributed by atoms with E-state index in [0.29, 0.717) is 4.99 Å². The number of hydrogen-bond donors (Lipinski definition) is 2. The van der Waals surface area contributed by atoms with E-state index in [1.54, 1.807) is 0 Å². The molecule has 0 amide bonds. The lowest BCUT2D eigenvalue weighted by Crippen LogP contribution is -2.10. The Bertz CT molecular complexity index is 638. The zero-order valence-electron chi connectivity index (χ0n) is 10.8. The standard InChI is InChI=1S/C15H15BrN2S/c1-9-3-4-11(7-10(9)2)18-12-5-6-13(15(17)19)14(16)8-12/h3-8,18H,1-2H3,(H2,17,19). The Balaban J connectivity index is 2.26. The molecule has 0 saturated carbocycles. The first-order valence-electron chi connectivity index (χ1n) is 5.91. The molecule has 3 N–H and O–H groups in total. The average Bonchev–Trinajstić information content (AvgIpc) is 2.33. The van der Waals surface area contributed by atoms with Gasteiger partial charge in [0.2, 0.25) is 0 Å². The van der Waals surface area contributed by atoms with E-state index < -0.39 is 0 Å². The highest BCUT2D eigenvalue weighted by molar-refractivity contribution is 9.10. The van der Waals surface area contributed by atoms with Gasteiger partial charge in [0.1, 0.15) is 4.99 Å². The second-order valence-corrected chi connectivity index (χ2v) is 5.78. The first-order valence-corrected chi connectivity index (χ1v) is 7.11. The summed E-state index contributed by atoms with van der Waals surface area (Å²) in [6, 6.07) is 12.2. The van der Waals surface area contributed by atoms with Gasteiger partial charge >= 0.3 is 0 Å². The minimum absolute atomic E-state index is 0.393. The number of rotatable bonds is 3. The number of halogens is 1. The van der Waals surface area contributed by atoms with Gasteiger partial charge in [0.25, 0.3) is 0 Å². The fourth-order valence-corrected chi connectivity index (χ4v) is 2.68. The maximum atomic E-state index is 5.63. The van der Waals surface area contributed by atoms with E-state index in [4.69, 9.17) is 18.0 Å². The van der Waals surface area contributed by atoms with Gasteiger partial charge in [-0.15, -0.1) is 0 Å². The molecule has 0 fully saturated rings. The van der Waals surface area contributed by atoms with Crippen LogP contribution in [0.3, 0.4) is 0 Å². The molecule has 2 aromatic rings. The number of aryl methyl sites for hydroxylation is 2. The van der Waals surface area contributed by atoms with Gasteiger partial charge in [0, 0.05) is 21.4 Å². The number of nitrogens with one attached hydrogen (secondary N) is 1. The molecule has 0 aliphatic heterocycles. The molecule has 0 spiro atoms. The highest BCUT2D eigenvalue weighted by atomic mass is 79.9. The van der Waals surface area contributed by atoms with Gasteiger partial charge in [0.15, 0.2) is 0 Å². The Morgan fingerprint density at radius 2 is 1.68 bits per heavy atom. The van der Waals surface area contributed by atoms with Crippen molar-refractivity contribution in [2.24, 2.45) is 5.73 Å². The Hall–Kier alpha value is -1.39. The molecule has 0 saturated heterocycles. The van der Waals surface area contributed by atoms with E-state index in [2.05, 4.69) is 53.3 Å². The van der Waals surface area contributed by atoms with Crippen LogP contribution >= 0.6 is 28.1 Å². The number of benzene rings is 2. The maximum absolute atomic E-state index is 5.63. The summed E-state index contributed by atoms with van der Waals surface area (Å²) in [6.45, 7) is 4.21. The largest absolute Gasteiger partial charge is 0.389 e. The third kappa shape index (κ3) is 3.33. The second-order valence-electron chi connectivity index (χ2n) is 4.48. The molecule has 98 valence electrons. The van der Waals surface area contributed by atoms with Crippen molar-refractivity contribution in [3.05, 3.63) is 57.6 Å². The number of hydrogen-bond acceptors (Lipinski definition) is 2. The van der Waals surface area contributed by atoms with Gasteiger partial charge in [-0.3, -0.25) is 0 Å². The van der Waals surface area contributed by atoms with Crippen molar-refractivity contribution < 1.29 is 0 Å². The van der Waals surface area contributed by atoms with Gasteiger partial charge in [0.05, 0.1) is 0 Å². The minimum Gasteiger partial charge on any atom is -0.389 e. The molecular formula is C15H15BrN2S. The van der Waals surface area contributed by atoms with Crippen molar-refractivity contribution in [3.63, 3.8) is 0 Å². The second kappa shape index (κ2) is 5.72. The van der Waals surface area contributed by atoms with Crippen LogP contribution in [0.1, 0.15) is 16.7 Å². The van der Waals surface area contributed by atoms with Gasteiger partial charge in [-0.05, 0) is 71.2 Å². The molecule has 2 aromatic carbocycles. The zero-order chi connectivity index (χ0) is 14.0. The van der Waals surface area contributed by atoms with Gasteiger partial charge in [-0.1, -0.05) is 18.3 Å². The molecule has 0 aromatic heterocycles. The van der Waals surface area contributed by atoms with E-state index in [1.807, 2.05) is 18.2 Å². The molecule has 0 heterocycles. The zero-order valence-corrected chi connectivity index (χ0v) is 13.2. The number of anilines is 2. The summed E-state index contributed by atoms with van der Waals surface area (Å²) in [6.07, 6.45) is 0. The van der Waals surface area contributed by atoms with Crippen LogP contribution in [0.25, 0.3) is 0 Å². The van der Waals surface area contributed by atoms with Crippen LogP contribution in [0.4, 0.5) is 11.4 Å². The van der Waals surface area contributed by atoms with E-state index >= 15 is 0 Å². The maximum Gasteiger partial charge on any atom is 0.105 e. The Morgan fingerprint density at radius 1 is 1.05 bits per heavy atom. The third-order valence-corrected chi connectivity index (χ3v) is 3.91. The normalized spacial score (nSPS) is 10.3. The van der Waals surface area contributed by atoms with Crippen molar-refractivity contribution in [1.29, 1.82) is 0 Å². The SMILES string of the molecule is Cc1ccc(Nc2ccc(C(N)=S)c(Br)c2)cc1C. The summed E-state index contributed by atoms with van der Waals surface area (Å²) in [5.74, 6) is 0. The lowest BCUT2D eigenvalue weighted by atomic mass is 10.1. The Morgan fingerprint density at radius 3 is 2.26 bits per heavy atom. The lowest BCUT2D eigenvalue weighted by molar-refractivity contribution is 1.34. The Labute approximate surface area is 127 Å². The minimum atomic E-state index is 0.393. The van der Waals surface area contributed by atoms with Crippen LogP contribution in [0, 0.1) is 13.8 Å². The highest BCUT2D eigenvalue weighted by Crippen LogP contribution is 2.25. The fourth-order valence-electron chi connectivity index (χ4n) is 1.78. The summed E-state index contributed by atoms with van der Waals surface area (Å²) < 4.78 is 0.897. The van der Waals surface area contributed by atoms with E-state index in [0.717, 1.165) is 21.4 Å². The van der Waals surface area contributed by atoms with Gasteiger partial charge < -0.3 is 11.1 Å². The van der Waals surface area contributed by atoms with Crippen molar-refractivity contribution in [3.8, 4) is 0 Å². The van der Waals surface area contributed by atoms with Gasteiger partial charge in [-0.25, -0.2) is 0 Å². The lowest BCUT2D eigenvalue weighted by Gasteiger charge is -2.10. The molecule has 2 nitrogen and oxygen atoms in total. The summed E-state index contributed by atoms with van der Waals surface area (Å²) in [4.78, 5) is 0.393. The molecule has 0 atom stereocenters. The Kier molecular flexibility index (Phi) is 4.22. The van der Waals surface area contributed by atoms with Crippen LogP contribution in [0.2, 0.25) is 0 Å². The quantitative estimate of drug-likeness (QED) is 0.814. The first kappa shape index (κ1) is 14.0. The predicted octanol–water partition coefficient (Wildman–Crippen LogP) is 4.44.